The highest BCUT2D eigenvalue weighted by Crippen LogP contribution is 2.07. The van der Waals surface area contributed by atoms with Crippen LogP contribution in [0.5, 0.6) is 0 Å². The lowest BCUT2D eigenvalue weighted by Crippen LogP contribution is -2.44. The van der Waals surface area contributed by atoms with Gasteiger partial charge in [-0.25, -0.2) is 9.18 Å². The molecule has 0 saturated carbocycles. The number of hydrogen-bond acceptors (Lipinski definition) is 2. The van der Waals surface area contributed by atoms with Crippen LogP contribution in [-0.2, 0) is 16.0 Å². The Bertz CT molecular complexity index is 443. The van der Waals surface area contributed by atoms with Crippen molar-refractivity contribution in [3.05, 3.63) is 35.6 Å². The van der Waals surface area contributed by atoms with Crippen molar-refractivity contribution in [2.24, 2.45) is 5.92 Å². The van der Waals surface area contributed by atoms with Gasteiger partial charge in [-0.05, 0) is 30.0 Å². The number of aliphatic carboxylic acids is 1. The monoisotopic (exact) mass is 267 g/mol. The maximum atomic E-state index is 12.7. The molecule has 0 saturated heterocycles. The van der Waals surface area contributed by atoms with Crippen LogP contribution in [0.15, 0.2) is 24.3 Å². The first-order valence-electron chi connectivity index (χ1n) is 6.16. The third-order valence-corrected chi connectivity index (χ3v) is 2.80. The molecule has 1 atom stereocenters. The van der Waals surface area contributed by atoms with Crippen LogP contribution in [0.1, 0.15) is 25.8 Å². The molecule has 0 heterocycles. The van der Waals surface area contributed by atoms with Crippen molar-refractivity contribution in [2.45, 2.75) is 32.7 Å². The lowest BCUT2D eigenvalue weighted by atomic mass is 10.0. The molecule has 1 amide bonds. The van der Waals surface area contributed by atoms with E-state index in [1.165, 1.54) is 12.1 Å². The number of carbonyl (C=O) groups is 2. The molecule has 0 aliphatic rings. The van der Waals surface area contributed by atoms with Crippen LogP contribution >= 0.6 is 0 Å². The van der Waals surface area contributed by atoms with E-state index in [9.17, 15) is 14.0 Å². The Kier molecular flexibility index (Phi) is 5.48. The summed E-state index contributed by atoms with van der Waals surface area (Å²) in [6.07, 6.45) is 0.638. The molecule has 1 rings (SSSR count). The summed E-state index contributed by atoms with van der Waals surface area (Å²) < 4.78 is 12.7. The van der Waals surface area contributed by atoms with Gasteiger partial charge in [-0.3, -0.25) is 4.79 Å². The first kappa shape index (κ1) is 15.1. The van der Waals surface area contributed by atoms with E-state index in [0.717, 1.165) is 5.56 Å². The molecule has 0 aromatic heterocycles. The van der Waals surface area contributed by atoms with Gasteiger partial charge in [-0.2, -0.15) is 0 Å². The van der Waals surface area contributed by atoms with Crippen molar-refractivity contribution < 1.29 is 19.1 Å². The van der Waals surface area contributed by atoms with E-state index in [1.54, 1.807) is 26.0 Å². The van der Waals surface area contributed by atoms with Gasteiger partial charge in [-0.15, -0.1) is 0 Å². The van der Waals surface area contributed by atoms with Gasteiger partial charge < -0.3 is 10.4 Å². The van der Waals surface area contributed by atoms with E-state index in [0.29, 0.717) is 6.42 Å². The molecule has 1 aromatic carbocycles. The second kappa shape index (κ2) is 6.87. The number of halogens is 1. The van der Waals surface area contributed by atoms with Gasteiger partial charge in [0.05, 0.1) is 0 Å². The third-order valence-electron chi connectivity index (χ3n) is 2.80. The van der Waals surface area contributed by atoms with Gasteiger partial charge in [0.25, 0.3) is 0 Å². The number of carboxylic acid groups (broad SMARTS) is 1. The van der Waals surface area contributed by atoms with Gasteiger partial charge in [0.15, 0.2) is 0 Å². The fourth-order valence-corrected chi connectivity index (χ4v) is 1.67. The summed E-state index contributed by atoms with van der Waals surface area (Å²) in [5, 5.41) is 11.4. The van der Waals surface area contributed by atoms with Crippen LogP contribution in [-0.4, -0.2) is 23.0 Å². The fraction of sp³-hybridized carbons (Fsp3) is 0.429. The maximum absolute atomic E-state index is 12.7. The zero-order valence-electron chi connectivity index (χ0n) is 11.0. The zero-order chi connectivity index (χ0) is 14.4. The molecule has 4 nitrogen and oxygen atoms in total. The quantitative estimate of drug-likeness (QED) is 0.828. The van der Waals surface area contributed by atoms with E-state index >= 15 is 0 Å². The van der Waals surface area contributed by atoms with Crippen LogP contribution in [0.3, 0.4) is 0 Å². The maximum Gasteiger partial charge on any atom is 0.326 e. The highest BCUT2D eigenvalue weighted by Gasteiger charge is 2.22. The van der Waals surface area contributed by atoms with Crippen molar-refractivity contribution >= 4 is 11.9 Å². The van der Waals surface area contributed by atoms with Gasteiger partial charge in [0, 0.05) is 6.42 Å². The van der Waals surface area contributed by atoms with Gasteiger partial charge in [0.2, 0.25) is 5.91 Å². The Morgan fingerprint density at radius 2 is 1.84 bits per heavy atom. The van der Waals surface area contributed by atoms with Crippen molar-refractivity contribution in [2.75, 3.05) is 0 Å². The molecule has 0 fully saturated rings. The smallest absolute Gasteiger partial charge is 0.326 e. The predicted molar refractivity (Wildman–Crippen MR) is 69.1 cm³/mol. The lowest BCUT2D eigenvalue weighted by molar-refractivity contribution is -0.143. The summed E-state index contributed by atoms with van der Waals surface area (Å²) in [6, 6.07) is 5.02. The van der Waals surface area contributed by atoms with Gasteiger partial charge in [-0.1, -0.05) is 26.0 Å². The normalized spacial score (nSPS) is 12.2. The summed E-state index contributed by atoms with van der Waals surface area (Å²) in [4.78, 5) is 22.6. The van der Waals surface area contributed by atoms with Crippen LogP contribution in [0.25, 0.3) is 0 Å². The Balaban J connectivity index is 2.47. The topological polar surface area (TPSA) is 66.4 Å². The highest BCUT2D eigenvalue weighted by atomic mass is 19.1. The Hall–Kier alpha value is -1.91. The molecule has 0 bridgehead atoms. The van der Waals surface area contributed by atoms with E-state index < -0.39 is 12.0 Å². The molecular weight excluding hydrogens is 249 g/mol. The molecule has 5 heteroatoms. The number of nitrogens with one attached hydrogen (secondary N) is 1. The Morgan fingerprint density at radius 3 is 2.32 bits per heavy atom. The summed E-state index contributed by atoms with van der Waals surface area (Å²) in [7, 11) is 0. The summed E-state index contributed by atoms with van der Waals surface area (Å²) in [6.45, 7) is 3.47. The number of carboxylic acids is 1. The Labute approximate surface area is 111 Å². The predicted octanol–water partition coefficient (Wildman–Crippen LogP) is 1.98. The summed E-state index contributed by atoms with van der Waals surface area (Å²) in [5.74, 6) is -1.85. The largest absolute Gasteiger partial charge is 0.480 e. The molecule has 2 N–H and O–H groups in total. The molecule has 104 valence electrons. The second-order valence-electron chi connectivity index (χ2n) is 4.75. The molecule has 19 heavy (non-hydrogen) atoms. The fourth-order valence-electron chi connectivity index (χ4n) is 1.67. The first-order chi connectivity index (χ1) is 8.90. The number of hydrogen-bond donors (Lipinski definition) is 2. The number of rotatable bonds is 6. The highest BCUT2D eigenvalue weighted by molar-refractivity contribution is 5.83. The molecule has 0 aliphatic heterocycles. The lowest BCUT2D eigenvalue weighted by Gasteiger charge is -2.17. The van der Waals surface area contributed by atoms with Crippen LogP contribution in [0, 0.1) is 11.7 Å². The van der Waals surface area contributed by atoms with Crippen LogP contribution in [0.4, 0.5) is 4.39 Å². The first-order valence-corrected chi connectivity index (χ1v) is 6.16. The summed E-state index contributed by atoms with van der Waals surface area (Å²) in [5.41, 5.74) is 0.841. The van der Waals surface area contributed by atoms with Gasteiger partial charge >= 0.3 is 5.97 Å². The minimum absolute atomic E-state index is 0.174. The van der Waals surface area contributed by atoms with E-state index in [1.807, 2.05) is 0 Å². The standard InChI is InChI=1S/C14H18FNO3/c1-9(2)13(14(18)19)16-12(17)8-5-10-3-6-11(15)7-4-10/h3-4,6-7,9,13H,5,8H2,1-2H3,(H,16,17)(H,18,19)/t13-/m0/s1. The van der Waals surface area contributed by atoms with Crippen molar-refractivity contribution in [1.82, 2.24) is 5.32 Å². The Morgan fingerprint density at radius 1 is 1.26 bits per heavy atom. The third kappa shape index (κ3) is 5.07. The van der Waals surface area contributed by atoms with Crippen molar-refractivity contribution in [3.8, 4) is 0 Å². The average molecular weight is 267 g/mol. The average Bonchev–Trinajstić information content (AvgIpc) is 2.34. The minimum Gasteiger partial charge on any atom is -0.480 e. The molecule has 0 aliphatic carbocycles. The van der Waals surface area contributed by atoms with Crippen molar-refractivity contribution in [1.29, 1.82) is 0 Å². The van der Waals surface area contributed by atoms with E-state index in [4.69, 9.17) is 5.11 Å². The SMILES string of the molecule is CC(C)[C@H](NC(=O)CCc1ccc(F)cc1)C(=O)O. The van der Waals surface area contributed by atoms with E-state index in [-0.39, 0.29) is 24.1 Å². The second-order valence-corrected chi connectivity index (χ2v) is 4.75. The molecule has 1 aromatic rings. The number of aryl methyl sites for hydroxylation is 1. The zero-order valence-corrected chi connectivity index (χ0v) is 11.0. The molecule has 0 radical (unpaired) electrons. The van der Waals surface area contributed by atoms with Crippen molar-refractivity contribution in [3.63, 3.8) is 0 Å². The van der Waals surface area contributed by atoms with E-state index in [2.05, 4.69) is 5.32 Å². The van der Waals surface area contributed by atoms with Crippen LogP contribution < -0.4 is 5.32 Å². The molecular formula is C14H18FNO3. The van der Waals surface area contributed by atoms with Crippen LogP contribution in [0.2, 0.25) is 0 Å². The number of amides is 1. The minimum atomic E-state index is -1.04. The molecule has 0 unspecified atom stereocenters. The summed E-state index contributed by atoms with van der Waals surface area (Å²) >= 11 is 0. The van der Waals surface area contributed by atoms with Gasteiger partial charge in [0.1, 0.15) is 11.9 Å². The molecule has 0 spiro atoms. The number of benzene rings is 1. The number of carbonyl (C=O) groups excluding carboxylic acids is 1.